The van der Waals surface area contributed by atoms with Crippen molar-refractivity contribution in [3.8, 4) is 0 Å². The maximum Gasteiger partial charge on any atom is 0.0888 e. The van der Waals surface area contributed by atoms with E-state index in [1.807, 2.05) is 6.07 Å². The second-order valence-corrected chi connectivity index (χ2v) is 6.47. The Morgan fingerprint density at radius 1 is 1.31 bits per heavy atom. The third kappa shape index (κ3) is 2.48. The van der Waals surface area contributed by atoms with E-state index in [4.69, 9.17) is 17.3 Å². The molecule has 2 rings (SSSR count). The molecule has 0 fully saturated rings. The SMILES string of the molecule is Cc1ccc(C(N)c2cc(Cl)c(Br)s2)cc1. The first-order valence-corrected chi connectivity index (χ1v) is 6.83. The molecule has 1 aromatic heterocycles. The number of hydrogen-bond acceptors (Lipinski definition) is 2. The molecule has 84 valence electrons. The molecule has 4 heteroatoms. The van der Waals surface area contributed by atoms with E-state index in [2.05, 4.69) is 47.1 Å². The van der Waals surface area contributed by atoms with Gasteiger partial charge in [-0.2, -0.15) is 0 Å². The van der Waals surface area contributed by atoms with Gasteiger partial charge < -0.3 is 5.73 Å². The summed E-state index contributed by atoms with van der Waals surface area (Å²) in [5, 5.41) is 0.725. The molecule has 0 aliphatic heterocycles. The van der Waals surface area contributed by atoms with Gasteiger partial charge in [0.2, 0.25) is 0 Å². The minimum Gasteiger partial charge on any atom is -0.320 e. The van der Waals surface area contributed by atoms with Gasteiger partial charge in [-0.1, -0.05) is 41.4 Å². The summed E-state index contributed by atoms with van der Waals surface area (Å²) in [6.45, 7) is 2.06. The van der Waals surface area contributed by atoms with Crippen molar-refractivity contribution in [2.24, 2.45) is 5.73 Å². The fourth-order valence-corrected chi connectivity index (χ4v) is 3.23. The van der Waals surface area contributed by atoms with Crippen LogP contribution in [0.1, 0.15) is 22.0 Å². The van der Waals surface area contributed by atoms with Crippen LogP contribution in [0.25, 0.3) is 0 Å². The van der Waals surface area contributed by atoms with E-state index in [0.717, 1.165) is 19.2 Å². The van der Waals surface area contributed by atoms with Crippen molar-refractivity contribution in [2.45, 2.75) is 13.0 Å². The smallest absolute Gasteiger partial charge is 0.0888 e. The summed E-state index contributed by atoms with van der Waals surface area (Å²) in [5.74, 6) is 0. The molecule has 1 unspecified atom stereocenters. The number of rotatable bonds is 2. The lowest BCUT2D eigenvalue weighted by molar-refractivity contribution is 0.893. The molecule has 0 saturated heterocycles. The lowest BCUT2D eigenvalue weighted by atomic mass is 10.0. The van der Waals surface area contributed by atoms with Crippen molar-refractivity contribution in [2.75, 3.05) is 0 Å². The van der Waals surface area contributed by atoms with E-state index < -0.39 is 0 Å². The van der Waals surface area contributed by atoms with E-state index in [0.29, 0.717) is 0 Å². The second-order valence-electron chi connectivity index (χ2n) is 3.66. The number of halogens is 2. The summed E-state index contributed by atoms with van der Waals surface area (Å²) in [6, 6.07) is 10.1. The molecule has 0 aliphatic carbocycles. The molecule has 0 saturated carbocycles. The van der Waals surface area contributed by atoms with Gasteiger partial charge in [0.25, 0.3) is 0 Å². The molecule has 0 spiro atoms. The normalized spacial score (nSPS) is 12.8. The van der Waals surface area contributed by atoms with Gasteiger partial charge in [-0.25, -0.2) is 0 Å². The number of benzene rings is 1. The lowest BCUT2D eigenvalue weighted by Crippen LogP contribution is -2.09. The summed E-state index contributed by atoms with van der Waals surface area (Å²) in [6.07, 6.45) is 0. The minimum absolute atomic E-state index is 0.102. The number of thiophene rings is 1. The predicted molar refractivity (Wildman–Crippen MR) is 74.2 cm³/mol. The van der Waals surface area contributed by atoms with Gasteiger partial charge in [0, 0.05) is 4.88 Å². The monoisotopic (exact) mass is 315 g/mol. The van der Waals surface area contributed by atoms with Crippen LogP contribution in [-0.4, -0.2) is 0 Å². The lowest BCUT2D eigenvalue weighted by Gasteiger charge is -2.09. The quantitative estimate of drug-likeness (QED) is 0.866. The number of hydrogen-bond donors (Lipinski definition) is 1. The van der Waals surface area contributed by atoms with Crippen molar-refractivity contribution in [1.82, 2.24) is 0 Å². The highest BCUT2D eigenvalue weighted by atomic mass is 79.9. The van der Waals surface area contributed by atoms with Crippen LogP contribution in [0.4, 0.5) is 0 Å². The molecule has 0 amide bonds. The second kappa shape index (κ2) is 4.88. The highest BCUT2D eigenvalue weighted by Crippen LogP contribution is 2.36. The molecule has 0 aliphatic rings. The van der Waals surface area contributed by atoms with Crippen LogP contribution in [0.3, 0.4) is 0 Å². The van der Waals surface area contributed by atoms with E-state index >= 15 is 0 Å². The van der Waals surface area contributed by atoms with Crippen molar-refractivity contribution in [3.05, 3.63) is 55.1 Å². The fourth-order valence-electron chi connectivity index (χ4n) is 1.45. The Hall–Kier alpha value is -0.350. The van der Waals surface area contributed by atoms with Crippen LogP contribution < -0.4 is 5.73 Å². The van der Waals surface area contributed by atoms with Crippen LogP contribution in [0.2, 0.25) is 5.02 Å². The predicted octanol–water partition coefficient (Wildman–Crippen LogP) is 4.52. The van der Waals surface area contributed by atoms with Crippen molar-refractivity contribution < 1.29 is 0 Å². The molecule has 1 nitrogen and oxygen atoms in total. The van der Waals surface area contributed by atoms with Gasteiger partial charge >= 0.3 is 0 Å². The summed E-state index contributed by atoms with van der Waals surface area (Å²) >= 11 is 11.0. The Balaban J connectivity index is 2.31. The molecule has 1 heterocycles. The Labute approximate surface area is 112 Å². The van der Waals surface area contributed by atoms with Gasteiger partial charge in [0.05, 0.1) is 14.9 Å². The van der Waals surface area contributed by atoms with Gasteiger partial charge in [-0.3, -0.25) is 0 Å². The average Bonchev–Trinajstić information content (AvgIpc) is 2.59. The van der Waals surface area contributed by atoms with E-state index in [1.165, 1.54) is 5.56 Å². The molecule has 0 radical (unpaired) electrons. The molecule has 0 bridgehead atoms. The Morgan fingerprint density at radius 2 is 1.94 bits per heavy atom. The van der Waals surface area contributed by atoms with E-state index in [9.17, 15) is 0 Å². The molecular weight excluding hydrogens is 306 g/mol. The molecule has 1 atom stereocenters. The van der Waals surface area contributed by atoms with Gasteiger partial charge in [0.1, 0.15) is 0 Å². The fraction of sp³-hybridized carbons (Fsp3) is 0.167. The van der Waals surface area contributed by atoms with Crippen LogP contribution in [0.5, 0.6) is 0 Å². The number of aryl methyl sites for hydroxylation is 1. The molecule has 16 heavy (non-hydrogen) atoms. The van der Waals surface area contributed by atoms with Crippen molar-refractivity contribution in [1.29, 1.82) is 0 Å². The zero-order valence-electron chi connectivity index (χ0n) is 8.71. The molecule has 2 N–H and O–H groups in total. The van der Waals surface area contributed by atoms with E-state index in [1.54, 1.807) is 11.3 Å². The van der Waals surface area contributed by atoms with Crippen molar-refractivity contribution >= 4 is 38.9 Å². The minimum atomic E-state index is -0.102. The molecule has 1 aromatic carbocycles. The maximum absolute atomic E-state index is 6.18. The van der Waals surface area contributed by atoms with Crippen LogP contribution >= 0.6 is 38.9 Å². The van der Waals surface area contributed by atoms with Gasteiger partial charge in [-0.15, -0.1) is 11.3 Å². The van der Waals surface area contributed by atoms with Gasteiger partial charge in [-0.05, 0) is 34.5 Å². The summed E-state index contributed by atoms with van der Waals surface area (Å²) in [7, 11) is 0. The third-order valence-electron chi connectivity index (χ3n) is 2.41. The average molecular weight is 317 g/mol. The highest BCUT2D eigenvalue weighted by molar-refractivity contribution is 9.11. The molecular formula is C12H11BrClNS. The summed E-state index contributed by atoms with van der Waals surface area (Å²) < 4.78 is 0.937. The van der Waals surface area contributed by atoms with Crippen LogP contribution in [0.15, 0.2) is 34.1 Å². The Bertz CT molecular complexity index is 473. The Morgan fingerprint density at radius 3 is 2.44 bits per heavy atom. The molecule has 2 aromatic rings. The first kappa shape index (κ1) is 12.1. The third-order valence-corrected chi connectivity index (χ3v) is 4.97. The first-order chi connectivity index (χ1) is 7.58. The van der Waals surface area contributed by atoms with Crippen LogP contribution in [-0.2, 0) is 0 Å². The van der Waals surface area contributed by atoms with Crippen LogP contribution in [0, 0.1) is 6.92 Å². The largest absolute Gasteiger partial charge is 0.320 e. The van der Waals surface area contributed by atoms with Crippen molar-refractivity contribution in [3.63, 3.8) is 0 Å². The number of nitrogens with two attached hydrogens (primary N) is 1. The first-order valence-electron chi connectivity index (χ1n) is 4.85. The standard InChI is InChI=1S/C12H11BrClNS/c1-7-2-4-8(5-3-7)11(15)10-6-9(14)12(13)16-10/h2-6,11H,15H2,1H3. The summed E-state index contributed by atoms with van der Waals surface area (Å²) in [4.78, 5) is 1.07. The summed E-state index contributed by atoms with van der Waals surface area (Å²) in [5.41, 5.74) is 8.52. The highest BCUT2D eigenvalue weighted by Gasteiger charge is 2.13. The van der Waals surface area contributed by atoms with Gasteiger partial charge in [0.15, 0.2) is 0 Å². The zero-order chi connectivity index (χ0) is 11.7. The zero-order valence-corrected chi connectivity index (χ0v) is 11.9. The topological polar surface area (TPSA) is 26.0 Å². The van der Waals surface area contributed by atoms with E-state index in [-0.39, 0.29) is 6.04 Å². The Kier molecular flexibility index (Phi) is 3.70. The maximum atomic E-state index is 6.18.